The van der Waals surface area contributed by atoms with Gasteiger partial charge >= 0.3 is 0 Å². The van der Waals surface area contributed by atoms with E-state index < -0.39 is 0 Å². The molecule has 0 aromatic heterocycles. The lowest BCUT2D eigenvalue weighted by molar-refractivity contribution is 0.224. The molecule has 3 nitrogen and oxygen atoms in total. The van der Waals surface area contributed by atoms with E-state index in [2.05, 4.69) is 44.8 Å². The van der Waals surface area contributed by atoms with E-state index in [4.69, 9.17) is 4.74 Å². The zero-order valence-electron chi connectivity index (χ0n) is 12.5. The molecule has 0 spiro atoms. The van der Waals surface area contributed by atoms with Crippen molar-refractivity contribution in [3.8, 4) is 5.75 Å². The molecule has 0 aliphatic carbocycles. The van der Waals surface area contributed by atoms with Crippen LogP contribution in [0.3, 0.4) is 0 Å². The number of anilines is 1. The molecule has 1 aromatic carbocycles. The first kappa shape index (κ1) is 15.6. The highest BCUT2D eigenvalue weighted by Crippen LogP contribution is 2.28. The monoisotopic (exact) mass is 340 g/mol. The Morgan fingerprint density at radius 2 is 1.90 bits per heavy atom. The lowest BCUT2D eigenvalue weighted by atomic mass is 10.1. The molecule has 1 aliphatic heterocycles. The summed E-state index contributed by atoms with van der Waals surface area (Å²) in [5, 5.41) is 1.11. The molecular weight excluding hydrogens is 316 g/mol. The molecule has 1 fully saturated rings. The molecule has 0 saturated carbocycles. The summed E-state index contributed by atoms with van der Waals surface area (Å²) < 4.78 is 5.46. The fraction of sp³-hybridized carbons (Fsp3) is 0.625. The van der Waals surface area contributed by atoms with Crippen molar-refractivity contribution in [1.29, 1.82) is 0 Å². The summed E-state index contributed by atoms with van der Waals surface area (Å²) in [6.45, 7) is 7.93. The van der Waals surface area contributed by atoms with Crippen LogP contribution in [0, 0.1) is 5.92 Å². The third kappa shape index (κ3) is 3.89. The van der Waals surface area contributed by atoms with Gasteiger partial charge in [-0.15, -0.1) is 0 Å². The summed E-state index contributed by atoms with van der Waals surface area (Å²) in [7, 11) is 1.75. The van der Waals surface area contributed by atoms with Gasteiger partial charge in [0.15, 0.2) is 0 Å². The van der Waals surface area contributed by atoms with Gasteiger partial charge in [-0.25, -0.2) is 0 Å². The summed E-state index contributed by atoms with van der Waals surface area (Å²) in [5.74, 6) is 1.75. The van der Waals surface area contributed by atoms with Crippen LogP contribution in [0.25, 0.3) is 0 Å². The predicted molar refractivity (Wildman–Crippen MR) is 89.2 cm³/mol. The average molecular weight is 341 g/mol. The molecule has 1 atom stereocenters. The summed E-state index contributed by atoms with van der Waals surface area (Å²) in [6.07, 6.45) is 1.25. The van der Waals surface area contributed by atoms with Crippen molar-refractivity contribution in [2.45, 2.75) is 13.3 Å². The highest BCUT2D eigenvalue weighted by Gasteiger charge is 2.20. The standard InChI is InChI=1S/C16H25BrN2O/c1-3-14(12-17)13-18-8-10-19(11-9-18)15-6-4-5-7-16(15)20-2/h4-7,14H,3,8-13H2,1-2H3. The van der Waals surface area contributed by atoms with Gasteiger partial charge in [0, 0.05) is 38.1 Å². The molecule has 1 aliphatic rings. The number of rotatable bonds is 6. The predicted octanol–water partition coefficient (Wildman–Crippen LogP) is 3.24. The molecule has 0 amide bonds. The van der Waals surface area contributed by atoms with Crippen molar-refractivity contribution < 1.29 is 4.74 Å². The molecular formula is C16H25BrN2O. The minimum atomic E-state index is 0.771. The molecule has 0 bridgehead atoms. The summed E-state index contributed by atoms with van der Waals surface area (Å²) in [6, 6.07) is 8.31. The Morgan fingerprint density at radius 1 is 1.20 bits per heavy atom. The maximum absolute atomic E-state index is 5.46. The fourth-order valence-corrected chi connectivity index (χ4v) is 3.38. The van der Waals surface area contributed by atoms with Gasteiger partial charge in [0.25, 0.3) is 0 Å². The Bertz CT molecular complexity index is 401. The lowest BCUT2D eigenvalue weighted by Gasteiger charge is -2.37. The van der Waals surface area contributed by atoms with Crippen molar-refractivity contribution in [3.63, 3.8) is 0 Å². The van der Waals surface area contributed by atoms with Gasteiger partial charge in [-0.3, -0.25) is 4.90 Å². The van der Waals surface area contributed by atoms with Gasteiger partial charge in [0.2, 0.25) is 0 Å². The van der Waals surface area contributed by atoms with Gasteiger partial charge in [-0.1, -0.05) is 41.4 Å². The third-order valence-electron chi connectivity index (χ3n) is 4.11. The SMILES string of the molecule is CCC(CBr)CN1CCN(c2ccccc2OC)CC1. The zero-order chi connectivity index (χ0) is 14.4. The van der Waals surface area contributed by atoms with Crippen LogP contribution in [-0.4, -0.2) is 50.1 Å². The third-order valence-corrected chi connectivity index (χ3v) is 5.03. The Kier molecular flexibility index (Phi) is 6.17. The van der Waals surface area contributed by atoms with E-state index in [1.807, 2.05) is 12.1 Å². The molecule has 20 heavy (non-hydrogen) atoms. The lowest BCUT2D eigenvalue weighted by Crippen LogP contribution is -2.48. The van der Waals surface area contributed by atoms with Crippen LogP contribution < -0.4 is 9.64 Å². The number of benzene rings is 1. The van der Waals surface area contributed by atoms with E-state index in [-0.39, 0.29) is 0 Å². The smallest absolute Gasteiger partial charge is 0.142 e. The number of hydrogen-bond donors (Lipinski definition) is 0. The highest BCUT2D eigenvalue weighted by molar-refractivity contribution is 9.09. The molecule has 1 heterocycles. The largest absolute Gasteiger partial charge is 0.495 e. The normalized spacial score (nSPS) is 18.1. The van der Waals surface area contributed by atoms with Crippen LogP contribution in [0.1, 0.15) is 13.3 Å². The first-order valence-corrected chi connectivity index (χ1v) is 8.57. The number of para-hydroxylation sites is 2. The Balaban J connectivity index is 1.91. The van der Waals surface area contributed by atoms with E-state index in [1.165, 1.54) is 18.7 Å². The second-order valence-electron chi connectivity index (χ2n) is 5.39. The van der Waals surface area contributed by atoms with Crippen LogP contribution in [0.2, 0.25) is 0 Å². The topological polar surface area (TPSA) is 15.7 Å². The molecule has 1 unspecified atom stereocenters. The Hall–Kier alpha value is -0.740. The molecule has 2 rings (SSSR count). The van der Waals surface area contributed by atoms with Gasteiger partial charge < -0.3 is 9.64 Å². The van der Waals surface area contributed by atoms with Crippen LogP contribution in [0.15, 0.2) is 24.3 Å². The molecule has 1 aromatic rings. The Morgan fingerprint density at radius 3 is 2.50 bits per heavy atom. The first-order valence-electron chi connectivity index (χ1n) is 7.44. The van der Waals surface area contributed by atoms with Crippen molar-refractivity contribution in [2.75, 3.05) is 50.1 Å². The van der Waals surface area contributed by atoms with Gasteiger partial charge in [0.1, 0.15) is 5.75 Å². The fourth-order valence-electron chi connectivity index (χ4n) is 2.71. The summed E-state index contributed by atoms with van der Waals surface area (Å²) in [4.78, 5) is 5.02. The van der Waals surface area contributed by atoms with Crippen molar-refractivity contribution in [3.05, 3.63) is 24.3 Å². The maximum Gasteiger partial charge on any atom is 0.142 e. The summed E-state index contributed by atoms with van der Waals surface area (Å²) in [5.41, 5.74) is 1.22. The van der Waals surface area contributed by atoms with Crippen LogP contribution in [-0.2, 0) is 0 Å². The minimum absolute atomic E-state index is 0.771. The van der Waals surface area contributed by atoms with Gasteiger partial charge in [-0.2, -0.15) is 0 Å². The number of alkyl halides is 1. The van der Waals surface area contributed by atoms with Crippen LogP contribution in [0.5, 0.6) is 5.75 Å². The number of halogens is 1. The van der Waals surface area contributed by atoms with Crippen molar-refractivity contribution >= 4 is 21.6 Å². The summed E-state index contributed by atoms with van der Waals surface area (Å²) >= 11 is 3.62. The average Bonchev–Trinajstić information content (AvgIpc) is 2.53. The maximum atomic E-state index is 5.46. The second kappa shape index (κ2) is 7.89. The number of hydrogen-bond acceptors (Lipinski definition) is 3. The molecule has 112 valence electrons. The van der Waals surface area contributed by atoms with Crippen molar-refractivity contribution in [1.82, 2.24) is 4.90 Å². The van der Waals surface area contributed by atoms with E-state index >= 15 is 0 Å². The Labute approximate surface area is 131 Å². The number of piperazine rings is 1. The van der Waals surface area contributed by atoms with E-state index in [1.54, 1.807) is 7.11 Å². The first-order chi connectivity index (χ1) is 9.78. The van der Waals surface area contributed by atoms with E-state index in [0.717, 1.165) is 43.2 Å². The number of methoxy groups -OCH3 is 1. The molecule has 0 radical (unpaired) electrons. The molecule has 1 saturated heterocycles. The second-order valence-corrected chi connectivity index (χ2v) is 6.04. The number of nitrogens with zero attached hydrogens (tertiary/aromatic N) is 2. The van der Waals surface area contributed by atoms with E-state index in [0.29, 0.717) is 0 Å². The molecule has 4 heteroatoms. The molecule has 0 N–H and O–H groups in total. The van der Waals surface area contributed by atoms with Gasteiger partial charge in [0.05, 0.1) is 12.8 Å². The highest BCUT2D eigenvalue weighted by atomic mass is 79.9. The van der Waals surface area contributed by atoms with Gasteiger partial charge in [-0.05, 0) is 18.1 Å². The van der Waals surface area contributed by atoms with E-state index in [9.17, 15) is 0 Å². The van der Waals surface area contributed by atoms with Crippen LogP contribution in [0.4, 0.5) is 5.69 Å². The minimum Gasteiger partial charge on any atom is -0.495 e. The zero-order valence-corrected chi connectivity index (χ0v) is 14.1. The quantitative estimate of drug-likeness (QED) is 0.739. The number of ether oxygens (including phenoxy) is 1. The van der Waals surface area contributed by atoms with Crippen LogP contribution >= 0.6 is 15.9 Å². The van der Waals surface area contributed by atoms with Crippen molar-refractivity contribution in [2.24, 2.45) is 5.92 Å².